The van der Waals surface area contributed by atoms with E-state index in [9.17, 15) is 8.42 Å². The van der Waals surface area contributed by atoms with Crippen LogP contribution in [0.1, 0.15) is 11.4 Å². The van der Waals surface area contributed by atoms with Crippen molar-refractivity contribution in [1.82, 2.24) is 15.1 Å². The molecule has 0 saturated carbocycles. The fourth-order valence-electron chi connectivity index (χ4n) is 1.46. The molecule has 0 aliphatic rings. The minimum atomic E-state index is -2.87. The molecule has 0 aliphatic heterocycles. The van der Waals surface area contributed by atoms with Crippen LogP contribution >= 0.6 is 15.9 Å². The maximum atomic E-state index is 10.9. The van der Waals surface area contributed by atoms with Crippen LogP contribution in [0.2, 0.25) is 0 Å². The van der Waals surface area contributed by atoms with E-state index in [1.165, 1.54) is 6.26 Å². The predicted octanol–water partition coefficient (Wildman–Crippen LogP) is 0.897. The molecule has 1 N–H and O–H groups in total. The second-order valence-electron chi connectivity index (χ2n) is 4.09. The van der Waals surface area contributed by atoms with Gasteiger partial charge in [-0.1, -0.05) is 0 Å². The van der Waals surface area contributed by atoms with E-state index in [4.69, 9.17) is 0 Å². The summed E-state index contributed by atoms with van der Waals surface area (Å²) in [5, 5.41) is 7.46. The van der Waals surface area contributed by atoms with Gasteiger partial charge in [-0.3, -0.25) is 4.68 Å². The quantitative estimate of drug-likeness (QED) is 0.790. The smallest absolute Gasteiger partial charge is 0.148 e. The molecule has 0 atom stereocenters. The zero-order valence-corrected chi connectivity index (χ0v) is 12.7. The van der Waals surface area contributed by atoms with E-state index >= 15 is 0 Å². The number of hydrogen-bond acceptors (Lipinski definition) is 4. The van der Waals surface area contributed by atoms with E-state index in [0.29, 0.717) is 13.1 Å². The second kappa shape index (κ2) is 5.97. The number of hydrogen-bond donors (Lipinski definition) is 1. The maximum Gasteiger partial charge on any atom is 0.148 e. The number of nitrogens with zero attached hydrogens (tertiary/aromatic N) is 2. The minimum Gasteiger partial charge on any atom is -0.314 e. The van der Waals surface area contributed by atoms with Gasteiger partial charge in [0.25, 0.3) is 0 Å². The molecule has 0 fully saturated rings. The summed E-state index contributed by atoms with van der Waals surface area (Å²) in [7, 11) is -2.87. The van der Waals surface area contributed by atoms with Crippen molar-refractivity contribution in [1.29, 1.82) is 0 Å². The maximum absolute atomic E-state index is 10.9. The van der Waals surface area contributed by atoms with Crippen LogP contribution in [0.4, 0.5) is 0 Å². The molecule has 0 spiro atoms. The molecular weight excluding hydrogens is 306 g/mol. The Morgan fingerprint density at radius 3 is 2.47 bits per heavy atom. The highest BCUT2D eigenvalue weighted by atomic mass is 79.9. The van der Waals surface area contributed by atoms with Gasteiger partial charge in [0.2, 0.25) is 0 Å². The highest BCUT2D eigenvalue weighted by Gasteiger charge is 2.07. The molecular formula is C10H18BrN3O2S. The Bertz CT molecular complexity index is 482. The first-order valence-corrected chi connectivity index (χ1v) is 8.24. The highest BCUT2D eigenvalue weighted by molar-refractivity contribution is 9.10. The van der Waals surface area contributed by atoms with E-state index in [1.807, 2.05) is 18.5 Å². The van der Waals surface area contributed by atoms with Crippen LogP contribution in [0, 0.1) is 13.8 Å². The third-order valence-electron chi connectivity index (χ3n) is 2.44. The summed E-state index contributed by atoms with van der Waals surface area (Å²) < 4.78 is 24.8. The van der Waals surface area contributed by atoms with Crippen molar-refractivity contribution in [3.63, 3.8) is 0 Å². The van der Waals surface area contributed by atoms with Crippen molar-refractivity contribution in [2.24, 2.45) is 0 Å². The molecule has 1 heterocycles. The van der Waals surface area contributed by atoms with Gasteiger partial charge in [0.15, 0.2) is 0 Å². The lowest BCUT2D eigenvalue weighted by Crippen LogP contribution is -2.26. The van der Waals surface area contributed by atoms with E-state index < -0.39 is 9.84 Å². The van der Waals surface area contributed by atoms with Gasteiger partial charge in [-0.25, -0.2) is 8.42 Å². The Morgan fingerprint density at radius 1 is 1.35 bits per heavy atom. The molecule has 1 rings (SSSR count). The third kappa shape index (κ3) is 4.77. The van der Waals surface area contributed by atoms with Gasteiger partial charge in [-0.15, -0.1) is 0 Å². The first-order valence-electron chi connectivity index (χ1n) is 5.39. The monoisotopic (exact) mass is 323 g/mol. The van der Waals surface area contributed by atoms with Crippen LogP contribution < -0.4 is 5.32 Å². The Kier molecular flexibility index (Phi) is 5.15. The summed E-state index contributed by atoms with van der Waals surface area (Å²) in [4.78, 5) is 0. The van der Waals surface area contributed by atoms with Crippen LogP contribution in [0.5, 0.6) is 0 Å². The lowest BCUT2D eigenvalue weighted by molar-refractivity contribution is 0.548. The summed E-state index contributed by atoms with van der Waals surface area (Å²) in [5.41, 5.74) is 2.06. The summed E-state index contributed by atoms with van der Waals surface area (Å²) in [6.45, 7) is 5.89. The topological polar surface area (TPSA) is 64.0 Å². The Hall–Kier alpha value is -0.400. The average Bonchev–Trinajstić information content (AvgIpc) is 2.44. The third-order valence-corrected chi connectivity index (χ3v) is 4.54. The van der Waals surface area contributed by atoms with Crippen molar-refractivity contribution in [2.75, 3.05) is 25.1 Å². The SMILES string of the molecule is Cc1nn(CCNCCS(C)(=O)=O)c(C)c1Br. The lowest BCUT2D eigenvalue weighted by Gasteiger charge is -2.06. The molecule has 98 valence electrons. The number of sulfone groups is 1. The predicted molar refractivity (Wildman–Crippen MR) is 72.0 cm³/mol. The first-order chi connectivity index (χ1) is 7.81. The normalized spacial score (nSPS) is 12.0. The Labute approximate surface area is 111 Å². The highest BCUT2D eigenvalue weighted by Crippen LogP contribution is 2.19. The van der Waals surface area contributed by atoms with Crippen molar-refractivity contribution in [3.05, 3.63) is 15.9 Å². The summed E-state index contributed by atoms with van der Waals surface area (Å²) in [5.74, 6) is 0.174. The van der Waals surface area contributed by atoms with Crippen molar-refractivity contribution >= 4 is 25.8 Å². The first kappa shape index (κ1) is 14.7. The van der Waals surface area contributed by atoms with E-state index in [-0.39, 0.29) is 5.75 Å². The molecule has 7 heteroatoms. The summed E-state index contributed by atoms with van der Waals surface area (Å²) >= 11 is 3.47. The van der Waals surface area contributed by atoms with Crippen LogP contribution in [-0.2, 0) is 16.4 Å². The van der Waals surface area contributed by atoms with E-state index in [1.54, 1.807) is 0 Å². The fraction of sp³-hybridized carbons (Fsp3) is 0.700. The van der Waals surface area contributed by atoms with Crippen LogP contribution in [0.25, 0.3) is 0 Å². The zero-order chi connectivity index (χ0) is 13.1. The largest absolute Gasteiger partial charge is 0.314 e. The minimum absolute atomic E-state index is 0.174. The Balaban J connectivity index is 2.34. The van der Waals surface area contributed by atoms with Gasteiger partial charge in [-0.2, -0.15) is 5.10 Å². The molecule has 0 aliphatic carbocycles. The zero-order valence-electron chi connectivity index (χ0n) is 10.3. The number of nitrogens with one attached hydrogen (secondary N) is 1. The van der Waals surface area contributed by atoms with Crippen LogP contribution in [0.15, 0.2) is 4.47 Å². The van der Waals surface area contributed by atoms with Crippen molar-refractivity contribution < 1.29 is 8.42 Å². The summed E-state index contributed by atoms with van der Waals surface area (Å²) in [6, 6.07) is 0. The van der Waals surface area contributed by atoms with Gasteiger partial charge in [0.05, 0.1) is 22.5 Å². The molecule has 1 aromatic heterocycles. The molecule has 0 radical (unpaired) electrons. The molecule has 0 unspecified atom stereocenters. The van der Waals surface area contributed by atoms with Gasteiger partial charge in [-0.05, 0) is 29.8 Å². The second-order valence-corrected chi connectivity index (χ2v) is 7.14. The standard InChI is InChI=1S/C10H18BrN3O2S/c1-8-10(11)9(2)14(13-8)6-4-12-5-7-17(3,15)16/h12H,4-7H2,1-3H3. The van der Waals surface area contributed by atoms with Gasteiger partial charge >= 0.3 is 0 Å². The fourth-order valence-corrected chi connectivity index (χ4v) is 2.26. The van der Waals surface area contributed by atoms with Crippen LogP contribution in [0.3, 0.4) is 0 Å². The van der Waals surface area contributed by atoms with Gasteiger partial charge in [0, 0.05) is 25.0 Å². The molecule has 5 nitrogen and oxygen atoms in total. The summed E-state index contributed by atoms with van der Waals surface area (Å²) in [6.07, 6.45) is 1.24. The molecule has 0 aromatic carbocycles. The van der Waals surface area contributed by atoms with E-state index in [0.717, 1.165) is 22.4 Å². The molecule has 1 aromatic rings. The van der Waals surface area contributed by atoms with Crippen molar-refractivity contribution in [2.45, 2.75) is 20.4 Å². The number of aromatic nitrogens is 2. The lowest BCUT2D eigenvalue weighted by atomic mass is 10.4. The molecule has 0 amide bonds. The average molecular weight is 324 g/mol. The molecule has 0 saturated heterocycles. The molecule has 17 heavy (non-hydrogen) atoms. The molecule has 0 bridgehead atoms. The Morgan fingerprint density at radius 2 is 2.00 bits per heavy atom. The van der Waals surface area contributed by atoms with Crippen molar-refractivity contribution in [3.8, 4) is 0 Å². The number of aryl methyl sites for hydroxylation is 1. The van der Waals surface area contributed by atoms with Gasteiger partial charge in [0.1, 0.15) is 9.84 Å². The van der Waals surface area contributed by atoms with Crippen LogP contribution in [-0.4, -0.2) is 43.3 Å². The van der Waals surface area contributed by atoms with Gasteiger partial charge < -0.3 is 5.32 Å². The number of halogens is 1. The number of rotatable bonds is 6. The van der Waals surface area contributed by atoms with E-state index in [2.05, 4.69) is 26.3 Å².